The van der Waals surface area contributed by atoms with E-state index in [4.69, 9.17) is 16.0 Å². The van der Waals surface area contributed by atoms with Gasteiger partial charge >= 0.3 is 0 Å². The van der Waals surface area contributed by atoms with Crippen LogP contribution in [0.15, 0.2) is 59.3 Å². The van der Waals surface area contributed by atoms with E-state index < -0.39 is 0 Å². The second-order valence-electron chi connectivity index (χ2n) is 5.82. The van der Waals surface area contributed by atoms with Crippen molar-refractivity contribution < 1.29 is 9.21 Å². The zero-order valence-corrected chi connectivity index (χ0v) is 13.6. The average Bonchev–Trinajstić information content (AvgIpc) is 3.05. The number of hydrogen-bond acceptors (Lipinski definition) is 3. The Morgan fingerprint density at radius 3 is 2.83 bits per heavy atom. The van der Waals surface area contributed by atoms with Crippen molar-refractivity contribution in [1.29, 1.82) is 0 Å². The topological polar surface area (TPSA) is 55.1 Å². The van der Waals surface area contributed by atoms with E-state index in [0.29, 0.717) is 28.8 Å². The maximum absolute atomic E-state index is 12.5. The Morgan fingerprint density at radius 2 is 2.00 bits per heavy atom. The average molecular weight is 339 g/mol. The first-order valence-corrected chi connectivity index (χ1v) is 8.16. The molecule has 0 fully saturated rings. The van der Waals surface area contributed by atoms with Gasteiger partial charge in [0.1, 0.15) is 0 Å². The van der Waals surface area contributed by atoms with Gasteiger partial charge < -0.3 is 9.73 Å². The van der Waals surface area contributed by atoms with Crippen molar-refractivity contribution >= 4 is 17.5 Å². The van der Waals surface area contributed by atoms with Gasteiger partial charge in [-0.15, -0.1) is 0 Å². The Labute approximate surface area is 144 Å². The van der Waals surface area contributed by atoms with Crippen molar-refractivity contribution in [2.24, 2.45) is 0 Å². The molecule has 0 bridgehead atoms. The quantitative estimate of drug-likeness (QED) is 0.780. The predicted molar refractivity (Wildman–Crippen MR) is 92.2 cm³/mol. The Bertz CT molecular complexity index is 904. The lowest BCUT2D eigenvalue weighted by atomic mass is 9.77. The van der Waals surface area contributed by atoms with Crippen LogP contribution in [-0.2, 0) is 6.42 Å². The van der Waals surface area contributed by atoms with Crippen LogP contribution in [0.4, 0.5) is 0 Å². The summed E-state index contributed by atoms with van der Waals surface area (Å²) < 4.78 is 5.40. The predicted octanol–water partition coefficient (Wildman–Crippen LogP) is 4.06. The number of rotatable bonds is 4. The molecule has 4 rings (SSSR count). The zero-order chi connectivity index (χ0) is 16.5. The van der Waals surface area contributed by atoms with Crippen molar-refractivity contribution in [3.8, 4) is 11.3 Å². The molecule has 4 nitrogen and oxygen atoms in total. The van der Waals surface area contributed by atoms with Crippen LogP contribution in [0.2, 0.25) is 5.02 Å². The molecule has 5 heteroatoms. The Balaban J connectivity index is 1.49. The first-order chi connectivity index (χ1) is 11.7. The second-order valence-corrected chi connectivity index (χ2v) is 6.23. The van der Waals surface area contributed by atoms with Gasteiger partial charge in [0, 0.05) is 18.0 Å². The lowest BCUT2D eigenvalue weighted by Crippen LogP contribution is -2.33. The fourth-order valence-electron chi connectivity index (χ4n) is 3.09. The van der Waals surface area contributed by atoms with E-state index in [2.05, 4.69) is 22.4 Å². The molecule has 1 heterocycles. The monoisotopic (exact) mass is 338 g/mol. The van der Waals surface area contributed by atoms with Gasteiger partial charge in [-0.05, 0) is 29.7 Å². The summed E-state index contributed by atoms with van der Waals surface area (Å²) in [6.45, 7) is 0.588. The second kappa shape index (κ2) is 6.13. The molecule has 0 aliphatic heterocycles. The Hall–Kier alpha value is -2.59. The number of aromatic nitrogens is 1. The Kier molecular flexibility index (Phi) is 3.82. The number of fused-ring (bicyclic) bond motifs is 1. The molecule has 1 N–H and O–H groups in total. The molecule has 1 atom stereocenters. The fraction of sp³-hybridized carbons (Fsp3) is 0.158. The molecule has 1 unspecified atom stereocenters. The molecular formula is C19H15ClN2O2. The van der Waals surface area contributed by atoms with Crippen LogP contribution in [0.25, 0.3) is 11.3 Å². The summed E-state index contributed by atoms with van der Waals surface area (Å²) >= 11 is 6.19. The van der Waals surface area contributed by atoms with Crippen LogP contribution < -0.4 is 5.32 Å². The summed E-state index contributed by atoms with van der Waals surface area (Å²) in [6.07, 6.45) is 2.26. The van der Waals surface area contributed by atoms with Crippen LogP contribution in [0.5, 0.6) is 0 Å². The first-order valence-electron chi connectivity index (χ1n) is 7.78. The van der Waals surface area contributed by atoms with Gasteiger partial charge in [-0.25, -0.2) is 4.98 Å². The van der Waals surface area contributed by atoms with E-state index in [1.54, 1.807) is 6.07 Å². The van der Waals surface area contributed by atoms with Gasteiger partial charge in [-0.2, -0.15) is 0 Å². The molecule has 0 saturated carbocycles. The van der Waals surface area contributed by atoms with Crippen molar-refractivity contribution in [2.75, 3.05) is 6.54 Å². The molecule has 0 spiro atoms. The van der Waals surface area contributed by atoms with Crippen molar-refractivity contribution in [3.05, 3.63) is 76.8 Å². The van der Waals surface area contributed by atoms with E-state index in [0.717, 1.165) is 6.42 Å². The molecule has 0 radical (unpaired) electrons. The summed E-state index contributed by atoms with van der Waals surface area (Å²) in [5, 5.41) is 3.48. The summed E-state index contributed by atoms with van der Waals surface area (Å²) in [5.74, 6) is 0.510. The largest absolute Gasteiger partial charge is 0.443 e. The fourth-order valence-corrected chi connectivity index (χ4v) is 3.31. The van der Waals surface area contributed by atoms with E-state index in [9.17, 15) is 4.79 Å². The number of nitrogens with one attached hydrogen (secondary N) is 1. The number of benzene rings is 2. The highest BCUT2D eigenvalue weighted by atomic mass is 35.5. The maximum atomic E-state index is 12.5. The molecule has 1 aliphatic rings. The molecule has 1 aliphatic carbocycles. The molecular weight excluding hydrogens is 324 g/mol. The highest BCUT2D eigenvalue weighted by molar-refractivity contribution is 6.33. The van der Waals surface area contributed by atoms with Crippen LogP contribution >= 0.6 is 11.6 Å². The number of hydrogen-bond donors (Lipinski definition) is 1. The summed E-state index contributed by atoms with van der Waals surface area (Å²) in [7, 11) is 0. The third kappa shape index (κ3) is 2.59. The van der Waals surface area contributed by atoms with Gasteiger partial charge in [0.15, 0.2) is 17.8 Å². The SMILES string of the molecule is O=C(NCC1Cc2ccccc21)c1ncoc1-c1ccccc1Cl. The molecule has 0 saturated heterocycles. The van der Waals surface area contributed by atoms with Crippen LogP contribution in [0.3, 0.4) is 0 Å². The highest BCUT2D eigenvalue weighted by Gasteiger charge is 2.27. The molecule has 1 aromatic heterocycles. The molecule has 24 heavy (non-hydrogen) atoms. The standard InChI is InChI=1S/C19H15ClN2O2/c20-16-8-4-3-7-15(16)18-17(22-11-24-18)19(23)21-10-13-9-12-5-1-2-6-14(12)13/h1-8,11,13H,9-10H2,(H,21,23). The molecule has 120 valence electrons. The van der Waals surface area contributed by atoms with E-state index in [1.807, 2.05) is 30.3 Å². The smallest absolute Gasteiger partial charge is 0.273 e. The van der Waals surface area contributed by atoms with Gasteiger partial charge in [-0.1, -0.05) is 48.0 Å². The number of oxazole rings is 1. The minimum Gasteiger partial charge on any atom is -0.443 e. The lowest BCUT2D eigenvalue weighted by molar-refractivity contribution is 0.0946. The van der Waals surface area contributed by atoms with Crippen molar-refractivity contribution in [3.63, 3.8) is 0 Å². The maximum Gasteiger partial charge on any atom is 0.273 e. The van der Waals surface area contributed by atoms with Gasteiger partial charge in [0.25, 0.3) is 5.91 Å². The van der Waals surface area contributed by atoms with Crippen molar-refractivity contribution in [2.45, 2.75) is 12.3 Å². The minimum absolute atomic E-state index is 0.247. The van der Waals surface area contributed by atoms with E-state index in [-0.39, 0.29) is 11.6 Å². The Morgan fingerprint density at radius 1 is 1.21 bits per heavy atom. The zero-order valence-electron chi connectivity index (χ0n) is 12.8. The summed E-state index contributed by atoms with van der Waals surface area (Å²) in [5.41, 5.74) is 3.59. The van der Waals surface area contributed by atoms with Gasteiger partial charge in [0.2, 0.25) is 0 Å². The molecule has 2 aromatic carbocycles. The third-order valence-corrected chi connectivity index (χ3v) is 4.70. The van der Waals surface area contributed by atoms with Gasteiger partial charge in [0.05, 0.1) is 5.02 Å². The number of nitrogens with zero attached hydrogens (tertiary/aromatic N) is 1. The van der Waals surface area contributed by atoms with Crippen LogP contribution in [0, 0.1) is 0 Å². The summed E-state index contributed by atoms with van der Waals surface area (Å²) in [4.78, 5) is 16.6. The highest BCUT2D eigenvalue weighted by Crippen LogP contribution is 2.34. The van der Waals surface area contributed by atoms with Crippen molar-refractivity contribution in [1.82, 2.24) is 10.3 Å². The molecule has 1 amide bonds. The summed E-state index contributed by atoms with van der Waals surface area (Å²) in [6, 6.07) is 15.5. The number of amides is 1. The van der Waals surface area contributed by atoms with Gasteiger partial charge in [-0.3, -0.25) is 4.79 Å². The van der Waals surface area contributed by atoms with Crippen LogP contribution in [-0.4, -0.2) is 17.4 Å². The normalized spacial score (nSPS) is 15.5. The molecule has 3 aromatic rings. The lowest BCUT2D eigenvalue weighted by Gasteiger charge is -2.30. The number of carbonyl (C=O) groups excluding carboxylic acids is 1. The van der Waals surface area contributed by atoms with E-state index in [1.165, 1.54) is 17.5 Å². The first kappa shape index (κ1) is 15.0. The third-order valence-electron chi connectivity index (χ3n) is 4.37. The van der Waals surface area contributed by atoms with Crippen LogP contribution in [0.1, 0.15) is 27.5 Å². The minimum atomic E-state index is -0.247. The number of carbonyl (C=O) groups is 1. The van der Waals surface area contributed by atoms with E-state index >= 15 is 0 Å². The number of halogens is 1.